The highest BCUT2D eigenvalue weighted by atomic mass is 16.7. The smallest absolute Gasteiger partial charge is 0.410 e. The number of ether oxygens (including phenoxy) is 8. The minimum absolute atomic E-state index is 0.00582. The number of nitrogens with zero attached hydrogens (tertiary/aromatic N) is 1. The first kappa shape index (κ1) is 44.6. The Morgan fingerprint density at radius 1 is 0.597 bits per heavy atom. The molecule has 7 rings (SSSR count). The molecule has 2 saturated heterocycles. The van der Waals surface area contributed by atoms with Crippen LogP contribution in [-0.2, 0) is 75.7 Å². The molecule has 5 aromatic carbocycles. The molecule has 62 heavy (non-hydrogen) atoms. The first-order valence-corrected chi connectivity index (χ1v) is 21.0. The van der Waals surface area contributed by atoms with Crippen LogP contribution < -0.4 is 0 Å². The van der Waals surface area contributed by atoms with E-state index in [4.69, 9.17) is 37.9 Å². The monoisotopic (exact) mass is 845 g/mol. The summed E-state index contributed by atoms with van der Waals surface area (Å²) in [6, 6.07) is 47.2. The van der Waals surface area contributed by atoms with E-state index in [1.165, 1.54) is 11.8 Å². The van der Waals surface area contributed by atoms with Crippen LogP contribution >= 0.6 is 0 Å². The van der Waals surface area contributed by atoms with Gasteiger partial charge in [-0.25, -0.2) is 4.79 Å². The number of hydrogen-bond donors (Lipinski definition) is 1. The van der Waals surface area contributed by atoms with Crippen molar-refractivity contribution in [3.05, 3.63) is 179 Å². The SMILES string of the molecule is CC(=O)O[C@H]1CN(C(=O)OCc2ccccc2)[C@H](COCc2ccccc2)[C@@H](O)[C@@H]1O[C@@H]1O[C@@H](C)[C@@H](OCc2ccccc2)[C@@H](OCc2ccccc2)[C@@H]1OCc1ccccc1. The Kier molecular flexibility index (Phi) is 16.3. The molecule has 0 aliphatic carbocycles. The summed E-state index contributed by atoms with van der Waals surface area (Å²) in [7, 11) is 0. The van der Waals surface area contributed by atoms with E-state index in [1.54, 1.807) is 0 Å². The van der Waals surface area contributed by atoms with E-state index in [0.717, 1.165) is 27.8 Å². The highest BCUT2D eigenvalue weighted by Gasteiger charge is 2.53. The van der Waals surface area contributed by atoms with Crippen molar-refractivity contribution in [2.45, 2.75) is 102 Å². The lowest BCUT2D eigenvalue weighted by atomic mass is 9.93. The first-order chi connectivity index (χ1) is 30.3. The molecule has 0 saturated carbocycles. The van der Waals surface area contributed by atoms with E-state index in [9.17, 15) is 14.7 Å². The highest BCUT2D eigenvalue weighted by molar-refractivity contribution is 5.69. The van der Waals surface area contributed by atoms with Crippen molar-refractivity contribution in [1.82, 2.24) is 4.90 Å². The lowest BCUT2D eigenvalue weighted by Gasteiger charge is -2.49. The van der Waals surface area contributed by atoms with Crippen molar-refractivity contribution in [1.29, 1.82) is 0 Å². The molecule has 0 unspecified atom stereocenters. The number of carbonyl (C=O) groups is 2. The summed E-state index contributed by atoms with van der Waals surface area (Å²) in [5, 5.41) is 12.4. The van der Waals surface area contributed by atoms with Gasteiger partial charge in [0, 0.05) is 6.92 Å². The number of rotatable bonds is 18. The van der Waals surface area contributed by atoms with Crippen LogP contribution in [0.15, 0.2) is 152 Å². The van der Waals surface area contributed by atoms with Gasteiger partial charge in [-0.3, -0.25) is 9.69 Å². The average Bonchev–Trinajstić information content (AvgIpc) is 3.30. The molecule has 12 nitrogen and oxygen atoms in total. The predicted octanol–water partition coefficient (Wildman–Crippen LogP) is 7.40. The maximum atomic E-state index is 13.9. The summed E-state index contributed by atoms with van der Waals surface area (Å²) in [5.41, 5.74) is 4.53. The third kappa shape index (κ3) is 12.4. The Hall–Kier alpha value is -5.44. The number of hydrogen-bond acceptors (Lipinski definition) is 11. The molecule has 0 bridgehead atoms. The van der Waals surface area contributed by atoms with Crippen LogP contribution in [0.3, 0.4) is 0 Å². The molecule has 0 radical (unpaired) electrons. The number of benzene rings is 5. The second-order valence-corrected chi connectivity index (χ2v) is 15.5. The molecule has 0 spiro atoms. The molecule has 1 amide bonds. The summed E-state index contributed by atoms with van der Waals surface area (Å²) >= 11 is 0. The van der Waals surface area contributed by atoms with Crippen LogP contribution in [-0.4, -0.2) is 90.3 Å². The molecular weight excluding hydrogens is 791 g/mol. The number of aliphatic hydroxyl groups excluding tert-OH is 1. The van der Waals surface area contributed by atoms with E-state index in [-0.39, 0.29) is 46.2 Å². The fourth-order valence-corrected chi connectivity index (χ4v) is 7.75. The quantitative estimate of drug-likeness (QED) is 0.0886. The normalized spacial score (nSPS) is 24.9. The summed E-state index contributed by atoms with van der Waals surface area (Å²) in [6.07, 6.45) is -8.53. The molecule has 2 aliphatic heterocycles. The van der Waals surface area contributed by atoms with Gasteiger partial charge in [0.2, 0.25) is 0 Å². The lowest BCUT2D eigenvalue weighted by Crippen LogP contribution is -2.68. The van der Waals surface area contributed by atoms with Crippen molar-refractivity contribution >= 4 is 12.1 Å². The van der Waals surface area contributed by atoms with Gasteiger partial charge in [-0.2, -0.15) is 0 Å². The minimum Gasteiger partial charge on any atom is -0.458 e. The summed E-state index contributed by atoms with van der Waals surface area (Å²) < 4.78 is 51.4. The standard InChI is InChI=1S/C50H55NO11/c1-35-45(56-30-38-20-10-4-11-21-38)47(57-31-39-22-12-5-13-23-39)48(58-32-40-24-14-6-15-25-40)49(60-35)62-46-43(61-36(2)52)28-51(50(54)59-33-41-26-16-7-17-27-41)42(44(46)53)34-55-29-37-18-8-3-9-19-37/h3-27,35,42-49,53H,28-34H2,1-2H3/t35-,42+,43-,44+,45+,46+,47+,48-,49-/m0/s1. The van der Waals surface area contributed by atoms with Crippen molar-refractivity contribution in [2.24, 2.45) is 0 Å². The number of piperidine rings is 1. The van der Waals surface area contributed by atoms with E-state index in [2.05, 4.69) is 0 Å². The van der Waals surface area contributed by atoms with E-state index in [1.807, 2.05) is 159 Å². The summed E-state index contributed by atoms with van der Waals surface area (Å²) in [5.74, 6) is -0.625. The second-order valence-electron chi connectivity index (χ2n) is 15.5. The van der Waals surface area contributed by atoms with Gasteiger partial charge in [-0.05, 0) is 34.7 Å². The molecule has 2 aliphatic rings. The van der Waals surface area contributed by atoms with E-state index in [0.29, 0.717) is 0 Å². The summed E-state index contributed by atoms with van der Waals surface area (Å²) in [4.78, 5) is 28.0. The van der Waals surface area contributed by atoms with E-state index >= 15 is 0 Å². The van der Waals surface area contributed by atoms with Gasteiger partial charge in [0.05, 0.1) is 51.7 Å². The molecule has 1 N–H and O–H groups in total. The average molecular weight is 846 g/mol. The van der Waals surface area contributed by atoms with Crippen LogP contribution in [0.25, 0.3) is 0 Å². The van der Waals surface area contributed by atoms with Crippen molar-refractivity contribution in [3.63, 3.8) is 0 Å². The van der Waals surface area contributed by atoms with Crippen molar-refractivity contribution in [3.8, 4) is 0 Å². The van der Waals surface area contributed by atoms with Crippen LogP contribution in [0.2, 0.25) is 0 Å². The topological polar surface area (TPSA) is 131 Å². The Bertz CT molecular complexity index is 2080. The Labute approximate surface area is 363 Å². The zero-order valence-electron chi connectivity index (χ0n) is 35.1. The highest BCUT2D eigenvalue weighted by Crippen LogP contribution is 2.34. The van der Waals surface area contributed by atoms with Crippen LogP contribution in [0, 0.1) is 0 Å². The van der Waals surface area contributed by atoms with Gasteiger partial charge in [-0.15, -0.1) is 0 Å². The predicted molar refractivity (Wildman–Crippen MR) is 229 cm³/mol. The Balaban J connectivity index is 1.19. The molecule has 0 aromatic heterocycles. The zero-order valence-corrected chi connectivity index (χ0v) is 35.1. The van der Waals surface area contributed by atoms with Crippen molar-refractivity contribution < 1.29 is 52.6 Å². The van der Waals surface area contributed by atoms with Gasteiger partial charge in [0.25, 0.3) is 0 Å². The Morgan fingerprint density at radius 2 is 1.03 bits per heavy atom. The fourth-order valence-electron chi connectivity index (χ4n) is 7.75. The van der Waals surface area contributed by atoms with Gasteiger partial charge >= 0.3 is 12.1 Å². The van der Waals surface area contributed by atoms with Crippen LogP contribution in [0.5, 0.6) is 0 Å². The molecule has 5 aromatic rings. The van der Waals surface area contributed by atoms with Gasteiger partial charge in [-0.1, -0.05) is 152 Å². The van der Waals surface area contributed by atoms with Crippen LogP contribution in [0.4, 0.5) is 4.79 Å². The molecule has 326 valence electrons. The molecule has 2 heterocycles. The van der Waals surface area contributed by atoms with Gasteiger partial charge < -0.3 is 43.0 Å². The largest absolute Gasteiger partial charge is 0.458 e. The number of likely N-dealkylation sites (tertiary alicyclic amines) is 1. The fraction of sp³-hybridized carbons (Fsp3) is 0.360. The number of aliphatic hydroxyl groups is 1. The van der Waals surface area contributed by atoms with Gasteiger partial charge in [0.15, 0.2) is 6.29 Å². The number of amides is 1. The molecule has 12 heteroatoms. The van der Waals surface area contributed by atoms with E-state index < -0.39 is 67.1 Å². The summed E-state index contributed by atoms with van der Waals surface area (Å²) in [6.45, 7) is 3.82. The van der Waals surface area contributed by atoms with Gasteiger partial charge in [0.1, 0.15) is 43.2 Å². The Morgan fingerprint density at radius 3 is 1.52 bits per heavy atom. The van der Waals surface area contributed by atoms with Crippen LogP contribution in [0.1, 0.15) is 41.7 Å². The lowest BCUT2D eigenvalue weighted by molar-refractivity contribution is -0.343. The zero-order chi connectivity index (χ0) is 43.1. The number of esters is 1. The number of carbonyl (C=O) groups excluding carboxylic acids is 2. The minimum atomic E-state index is -1.45. The molecule has 2 fully saturated rings. The van der Waals surface area contributed by atoms with Crippen molar-refractivity contribution in [2.75, 3.05) is 13.2 Å². The molecule has 9 atom stereocenters. The maximum Gasteiger partial charge on any atom is 0.410 e. The third-order valence-corrected chi connectivity index (χ3v) is 10.9. The molecular formula is C50H55NO11. The third-order valence-electron chi connectivity index (χ3n) is 10.9. The second kappa shape index (κ2) is 22.6. The maximum absolute atomic E-state index is 13.9. The first-order valence-electron chi connectivity index (χ1n) is 21.0.